The average Bonchev–Trinajstić information content (AvgIpc) is 2.40. The lowest BCUT2D eigenvalue weighted by Crippen LogP contribution is -2.05. The second-order valence-corrected chi connectivity index (χ2v) is 5.01. The van der Waals surface area contributed by atoms with Gasteiger partial charge < -0.3 is 10.5 Å². The summed E-state index contributed by atoms with van der Waals surface area (Å²) >= 11 is 0. The van der Waals surface area contributed by atoms with E-state index >= 15 is 0 Å². The second-order valence-electron chi connectivity index (χ2n) is 5.01. The van der Waals surface area contributed by atoms with E-state index in [0.717, 1.165) is 28.9 Å². The zero-order valence-corrected chi connectivity index (χ0v) is 11.9. The van der Waals surface area contributed by atoms with E-state index < -0.39 is 0 Å². The van der Waals surface area contributed by atoms with Gasteiger partial charge in [0.25, 0.3) is 0 Å². The molecule has 3 heteroatoms. The maximum atomic E-state index is 12.8. The van der Waals surface area contributed by atoms with E-state index in [1.54, 1.807) is 12.1 Å². The number of hydrogen-bond donors (Lipinski definition) is 1. The molecule has 0 saturated heterocycles. The van der Waals surface area contributed by atoms with Crippen molar-refractivity contribution in [1.82, 2.24) is 0 Å². The number of benzene rings is 2. The van der Waals surface area contributed by atoms with Crippen LogP contribution in [0.3, 0.4) is 0 Å². The zero-order chi connectivity index (χ0) is 14.5. The molecule has 0 heterocycles. The lowest BCUT2D eigenvalue weighted by atomic mass is 10.0. The molecule has 0 aliphatic carbocycles. The maximum absolute atomic E-state index is 12.8. The molecule has 0 bridgehead atoms. The summed E-state index contributed by atoms with van der Waals surface area (Å²) in [6.07, 6.45) is 0.875. The van der Waals surface area contributed by atoms with Gasteiger partial charge in [0.1, 0.15) is 18.2 Å². The molecule has 0 fully saturated rings. The lowest BCUT2D eigenvalue weighted by molar-refractivity contribution is 0.301. The quantitative estimate of drug-likeness (QED) is 0.904. The van der Waals surface area contributed by atoms with E-state index in [1.807, 2.05) is 13.8 Å². The molecule has 0 aliphatic heterocycles. The SMILES string of the molecule is Cc1cc(CCN)cc(C)c1OCc1ccc(F)cc1. The second kappa shape index (κ2) is 6.53. The molecule has 0 amide bonds. The zero-order valence-electron chi connectivity index (χ0n) is 11.9. The highest BCUT2D eigenvalue weighted by molar-refractivity contribution is 5.43. The highest BCUT2D eigenvalue weighted by Crippen LogP contribution is 2.26. The molecule has 106 valence electrons. The topological polar surface area (TPSA) is 35.2 Å². The Labute approximate surface area is 119 Å². The summed E-state index contributed by atoms with van der Waals surface area (Å²) in [5.74, 6) is 0.669. The maximum Gasteiger partial charge on any atom is 0.125 e. The van der Waals surface area contributed by atoms with Gasteiger partial charge in [0.2, 0.25) is 0 Å². The van der Waals surface area contributed by atoms with E-state index in [9.17, 15) is 4.39 Å². The third-order valence-corrected chi connectivity index (χ3v) is 3.25. The molecule has 0 unspecified atom stereocenters. The van der Waals surface area contributed by atoms with Crippen LogP contribution in [0.1, 0.15) is 22.3 Å². The highest BCUT2D eigenvalue weighted by Gasteiger charge is 2.07. The first-order valence-electron chi connectivity index (χ1n) is 6.77. The Kier molecular flexibility index (Phi) is 4.74. The van der Waals surface area contributed by atoms with Crippen LogP contribution < -0.4 is 10.5 Å². The van der Waals surface area contributed by atoms with Crippen molar-refractivity contribution in [1.29, 1.82) is 0 Å². The van der Waals surface area contributed by atoms with Gasteiger partial charge in [0.05, 0.1) is 0 Å². The minimum absolute atomic E-state index is 0.229. The van der Waals surface area contributed by atoms with Gasteiger partial charge in [0, 0.05) is 0 Å². The summed E-state index contributed by atoms with van der Waals surface area (Å²) < 4.78 is 18.7. The van der Waals surface area contributed by atoms with Crippen LogP contribution in [-0.2, 0) is 13.0 Å². The summed E-state index contributed by atoms with van der Waals surface area (Å²) in [5.41, 5.74) is 9.99. The molecule has 0 radical (unpaired) electrons. The van der Waals surface area contributed by atoms with Crippen molar-refractivity contribution in [3.63, 3.8) is 0 Å². The Morgan fingerprint density at radius 1 is 1.00 bits per heavy atom. The standard InChI is InChI=1S/C17H20FNO/c1-12-9-15(7-8-19)10-13(2)17(12)20-11-14-3-5-16(18)6-4-14/h3-6,9-10H,7-8,11,19H2,1-2H3. The van der Waals surface area contributed by atoms with Crippen molar-refractivity contribution in [3.8, 4) is 5.75 Å². The Balaban J connectivity index is 2.11. The van der Waals surface area contributed by atoms with Gasteiger partial charge >= 0.3 is 0 Å². The lowest BCUT2D eigenvalue weighted by Gasteiger charge is -2.14. The fourth-order valence-electron chi connectivity index (χ4n) is 2.31. The molecule has 0 aliphatic rings. The van der Waals surface area contributed by atoms with Crippen LogP contribution in [0.25, 0.3) is 0 Å². The van der Waals surface area contributed by atoms with Crippen molar-refractivity contribution >= 4 is 0 Å². The van der Waals surface area contributed by atoms with Crippen LogP contribution in [0.4, 0.5) is 4.39 Å². The number of ether oxygens (including phenoxy) is 1. The Morgan fingerprint density at radius 2 is 1.60 bits per heavy atom. The number of halogens is 1. The van der Waals surface area contributed by atoms with Gasteiger partial charge in [-0.05, 0) is 61.2 Å². The van der Waals surface area contributed by atoms with Crippen LogP contribution in [0, 0.1) is 19.7 Å². The van der Waals surface area contributed by atoms with Gasteiger partial charge in [-0.2, -0.15) is 0 Å². The summed E-state index contributed by atoms with van der Waals surface area (Å²) in [4.78, 5) is 0. The molecule has 0 saturated carbocycles. The van der Waals surface area contributed by atoms with Gasteiger partial charge in [0.15, 0.2) is 0 Å². The number of nitrogens with two attached hydrogens (primary N) is 1. The van der Waals surface area contributed by atoms with Crippen LogP contribution in [-0.4, -0.2) is 6.54 Å². The third-order valence-electron chi connectivity index (χ3n) is 3.25. The molecule has 2 nitrogen and oxygen atoms in total. The molecule has 2 rings (SSSR count). The summed E-state index contributed by atoms with van der Waals surface area (Å²) in [5, 5.41) is 0. The first-order chi connectivity index (χ1) is 9.60. The molecule has 0 aromatic heterocycles. The molecule has 0 spiro atoms. The molecule has 0 atom stereocenters. The molecule has 2 N–H and O–H groups in total. The number of rotatable bonds is 5. The van der Waals surface area contributed by atoms with Crippen molar-refractivity contribution in [2.24, 2.45) is 5.73 Å². The van der Waals surface area contributed by atoms with E-state index in [2.05, 4.69) is 12.1 Å². The minimum Gasteiger partial charge on any atom is -0.488 e. The van der Waals surface area contributed by atoms with Gasteiger partial charge in [-0.1, -0.05) is 24.3 Å². The minimum atomic E-state index is -0.229. The van der Waals surface area contributed by atoms with Crippen molar-refractivity contribution < 1.29 is 9.13 Å². The molecule has 20 heavy (non-hydrogen) atoms. The predicted molar refractivity (Wildman–Crippen MR) is 79.4 cm³/mol. The molecule has 2 aromatic carbocycles. The van der Waals surface area contributed by atoms with Crippen LogP contribution in [0.5, 0.6) is 5.75 Å². The van der Waals surface area contributed by atoms with Crippen LogP contribution >= 0.6 is 0 Å². The summed E-state index contributed by atoms with van der Waals surface area (Å²) in [7, 11) is 0. The predicted octanol–water partition coefficient (Wildman–Crippen LogP) is 3.52. The van der Waals surface area contributed by atoms with E-state index in [4.69, 9.17) is 10.5 Å². The average molecular weight is 273 g/mol. The van der Waals surface area contributed by atoms with Crippen LogP contribution in [0.15, 0.2) is 36.4 Å². The first-order valence-corrected chi connectivity index (χ1v) is 6.77. The van der Waals surface area contributed by atoms with Gasteiger partial charge in [-0.25, -0.2) is 4.39 Å². The third kappa shape index (κ3) is 3.58. The highest BCUT2D eigenvalue weighted by atomic mass is 19.1. The van der Waals surface area contributed by atoms with Crippen molar-refractivity contribution in [3.05, 3.63) is 64.5 Å². The summed E-state index contributed by atoms with van der Waals surface area (Å²) in [6, 6.07) is 10.6. The monoisotopic (exact) mass is 273 g/mol. The largest absolute Gasteiger partial charge is 0.488 e. The van der Waals surface area contributed by atoms with Crippen molar-refractivity contribution in [2.45, 2.75) is 26.9 Å². The summed E-state index contributed by atoms with van der Waals surface area (Å²) in [6.45, 7) is 5.16. The fourth-order valence-corrected chi connectivity index (χ4v) is 2.31. The van der Waals surface area contributed by atoms with E-state index in [1.165, 1.54) is 17.7 Å². The van der Waals surface area contributed by atoms with Crippen molar-refractivity contribution in [2.75, 3.05) is 6.54 Å². The molecule has 2 aromatic rings. The Morgan fingerprint density at radius 3 is 2.15 bits per heavy atom. The van der Waals surface area contributed by atoms with E-state index in [-0.39, 0.29) is 5.82 Å². The first kappa shape index (κ1) is 14.5. The van der Waals surface area contributed by atoms with Gasteiger partial charge in [-0.15, -0.1) is 0 Å². The number of hydrogen-bond acceptors (Lipinski definition) is 2. The fraction of sp³-hybridized carbons (Fsp3) is 0.294. The molecular weight excluding hydrogens is 253 g/mol. The Hall–Kier alpha value is -1.87. The normalized spacial score (nSPS) is 10.6. The van der Waals surface area contributed by atoms with Gasteiger partial charge in [-0.3, -0.25) is 0 Å². The van der Waals surface area contributed by atoms with E-state index in [0.29, 0.717) is 13.2 Å². The Bertz CT molecular complexity index is 555. The number of aryl methyl sites for hydroxylation is 2. The van der Waals surface area contributed by atoms with Crippen LogP contribution in [0.2, 0.25) is 0 Å². The smallest absolute Gasteiger partial charge is 0.125 e. The molecular formula is C17H20FNO.